The molecule has 2 amide bonds. The predicted octanol–water partition coefficient (Wildman–Crippen LogP) is 7.43. The predicted molar refractivity (Wildman–Crippen MR) is 141 cm³/mol. The van der Waals surface area contributed by atoms with E-state index < -0.39 is 26.8 Å². The molecule has 0 aliphatic rings. The second-order valence-corrected chi connectivity index (χ2v) is 10.8. The van der Waals surface area contributed by atoms with Crippen molar-refractivity contribution in [2.45, 2.75) is 63.7 Å². The number of halogens is 3. The van der Waals surface area contributed by atoms with Crippen LogP contribution < -0.4 is 9.50 Å². The molecule has 1 atom stereocenters. The van der Waals surface area contributed by atoms with Crippen molar-refractivity contribution in [2.24, 2.45) is 0 Å². The molecule has 0 fully saturated rings. The van der Waals surface area contributed by atoms with Gasteiger partial charge in [-0.2, -0.15) is 21.6 Å². The van der Waals surface area contributed by atoms with Crippen molar-refractivity contribution in [2.75, 3.05) is 5.32 Å². The smallest absolute Gasteiger partial charge is 0.379 e. The zero-order chi connectivity index (χ0) is 28.1. The number of nitrogens with one attached hydrogen (secondary N) is 1. The molecule has 6 nitrogen and oxygen atoms in total. The highest BCUT2D eigenvalue weighted by atomic mass is 32.2. The summed E-state index contributed by atoms with van der Waals surface area (Å²) in [7, 11) is -4.48. The fourth-order valence-electron chi connectivity index (χ4n) is 3.64. The normalized spacial score (nSPS) is 12.7. The summed E-state index contributed by atoms with van der Waals surface area (Å²) >= 11 is 0. The Bertz CT molecular complexity index is 1340. The molecule has 0 aromatic heterocycles. The summed E-state index contributed by atoms with van der Waals surface area (Å²) in [4.78, 5) is 14.1. The number of urea groups is 1. The molecule has 0 bridgehead atoms. The van der Waals surface area contributed by atoms with E-state index >= 15 is 0 Å². The maximum atomic E-state index is 13.1. The summed E-state index contributed by atoms with van der Waals surface area (Å²) < 4.78 is 69.0. The summed E-state index contributed by atoms with van der Waals surface area (Å²) in [5, 5.41) is 2.92. The zero-order valence-corrected chi connectivity index (χ0v) is 22.4. The number of carbonyl (C=O) groups is 1. The van der Waals surface area contributed by atoms with Gasteiger partial charge in [0.15, 0.2) is 0 Å². The largest absolute Gasteiger partial charge is 0.416 e. The highest BCUT2D eigenvalue weighted by molar-refractivity contribution is 7.87. The SMILES string of the molecule is CCC(C)N(Cc1ccc(OS(=O)(=O)c2cccc(C(F)(F)F)c2)cc1)C(=O)Nc1ccc(C(C)C)cc1. The first-order chi connectivity index (χ1) is 17.8. The number of hydrogen-bond donors (Lipinski definition) is 1. The molecule has 0 radical (unpaired) electrons. The maximum absolute atomic E-state index is 13.1. The van der Waals surface area contributed by atoms with Crippen molar-refractivity contribution in [3.63, 3.8) is 0 Å². The molecule has 3 aromatic rings. The molecule has 0 saturated carbocycles. The van der Waals surface area contributed by atoms with Crippen molar-refractivity contribution in [1.29, 1.82) is 0 Å². The van der Waals surface area contributed by atoms with Gasteiger partial charge in [0.2, 0.25) is 0 Å². The summed E-state index contributed by atoms with van der Waals surface area (Å²) in [6.45, 7) is 8.34. The summed E-state index contributed by atoms with van der Waals surface area (Å²) in [5.74, 6) is 0.319. The second-order valence-electron chi connectivity index (χ2n) is 9.30. The van der Waals surface area contributed by atoms with Crippen molar-refractivity contribution in [3.8, 4) is 5.75 Å². The third-order valence-corrected chi connectivity index (χ3v) is 7.39. The van der Waals surface area contributed by atoms with Gasteiger partial charge in [-0.1, -0.05) is 51.1 Å². The Kier molecular flexibility index (Phi) is 9.09. The van der Waals surface area contributed by atoms with E-state index in [1.807, 2.05) is 38.1 Å². The summed E-state index contributed by atoms with van der Waals surface area (Å²) in [5.41, 5.74) is 1.48. The molecule has 0 aliphatic heterocycles. The molecule has 1 unspecified atom stereocenters. The molecular weight excluding hydrogens is 517 g/mol. The number of hydrogen-bond acceptors (Lipinski definition) is 4. The first-order valence-electron chi connectivity index (χ1n) is 12.2. The number of nitrogens with zero attached hydrogens (tertiary/aromatic N) is 1. The Morgan fingerprint density at radius 3 is 2.16 bits per heavy atom. The first-order valence-corrected chi connectivity index (χ1v) is 13.6. The molecule has 0 aliphatic carbocycles. The van der Waals surface area contributed by atoms with E-state index in [4.69, 9.17) is 4.18 Å². The number of rotatable bonds is 9. The van der Waals surface area contributed by atoms with Gasteiger partial charge in [0.05, 0.1) is 5.56 Å². The van der Waals surface area contributed by atoms with E-state index in [0.717, 1.165) is 30.2 Å². The molecule has 38 heavy (non-hydrogen) atoms. The second kappa shape index (κ2) is 11.9. The molecule has 0 spiro atoms. The fourth-order valence-corrected chi connectivity index (χ4v) is 4.62. The molecule has 10 heteroatoms. The fraction of sp³-hybridized carbons (Fsp3) is 0.321. The van der Waals surface area contributed by atoms with Crippen LogP contribution in [-0.2, 0) is 22.8 Å². The van der Waals surface area contributed by atoms with Crippen LogP contribution in [0.5, 0.6) is 5.75 Å². The van der Waals surface area contributed by atoms with Crippen LogP contribution in [0, 0.1) is 0 Å². The van der Waals surface area contributed by atoms with Crippen LogP contribution in [0.15, 0.2) is 77.7 Å². The van der Waals surface area contributed by atoms with Gasteiger partial charge in [0, 0.05) is 18.3 Å². The van der Waals surface area contributed by atoms with Gasteiger partial charge in [-0.15, -0.1) is 0 Å². The highest BCUT2D eigenvalue weighted by Crippen LogP contribution is 2.31. The van der Waals surface area contributed by atoms with Crippen molar-refractivity contribution in [3.05, 3.63) is 89.5 Å². The lowest BCUT2D eigenvalue weighted by Gasteiger charge is -2.29. The summed E-state index contributed by atoms with van der Waals surface area (Å²) in [6, 6.07) is 16.7. The topological polar surface area (TPSA) is 75.7 Å². The monoisotopic (exact) mass is 548 g/mol. The first kappa shape index (κ1) is 29.0. The van der Waals surface area contributed by atoms with Crippen LogP contribution in [0.2, 0.25) is 0 Å². The molecule has 0 heterocycles. The lowest BCUT2D eigenvalue weighted by molar-refractivity contribution is -0.137. The van der Waals surface area contributed by atoms with Gasteiger partial charge in [0.1, 0.15) is 10.6 Å². The van der Waals surface area contributed by atoms with E-state index in [1.54, 1.807) is 17.0 Å². The Balaban J connectivity index is 1.71. The molecule has 204 valence electrons. The Morgan fingerprint density at radius 2 is 1.61 bits per heavy atom. The standard InChI is InChI=1S/C28H31F3N2O4S/c1-5-20(4)33(27(34)32-24-13-11-22(12-14-24)19(2)3)18-21-9-15-25(16-10-21)37-38(35,36)26-8-6-7-23(17-26)28(29,30)31/h6-17,19-20H,5,18H2,1-4H3,(H,32,34). The Morgan fingerprint density at radius 1 is 0.974 bits per heavy atom. The van der Waals surface area contributed by atoms with Crippen LogP contribution in [0.4, 0.5) is 23.7 Å². The molecular formula is C28H31F3N2O4S. The quantitative estimate of drug-likeness (QED) is 0.282. The van der Waals surface area contributed by atoms with Gasteiger partial charge in [-0.3, -0.25) is 0 Å². The molecule has 3 rings (SSSR count). The van der Waals surface area contributed by atoms with Crippen molar-refractivity contribution in [1.82, 2.24) is 4.90 Å². The third kappa shape index (κ3) is 7.50. The average Bonchev–Trinajstić information content (AvgIpc) is 2.87. The Labute approximate surface area is 221 Å². The average molecular weight is 549 g/mol. The lowest BCUT2D eigenvalue weighted by atomic mass is 10.0. The molecule has 0 saturated heterocycles. The van der Waals surface area contributed by atoms with Gasteiger partial charge in [-0.25, -0.2) is 4.79 Å². The van der Waals surface area contributed by atoms with E-state index in [1.165, 1.54) is 17.7 Å². The Hall–Kier alpha value is -3.53. The van der Waals surface area contributed by atoms with E-state index in [2.05, 4.69) is 19.2 Å². The number of benzene rings is 3. The van der Waals surface area contributed by atoms with E-state index in [-0.39, 0.29) is 24.4 Å². The number of amides is 2. The van der Waals surface area contributed by atoms with Gasteiger partial charge >= 0.3 is 22.3 Å². The van der Waals surface area contributed by atoms with Crippen LogP contribution in [0.1, 0.15) is 56.7 Å². The molecule has 3 aromatic carbocycles. The van der Waals surface area contributed by atoms with Crippen molar-refractivity contribution < 1.29 is 30.6 Å². The van der Waals surface area contributed by atoms with Crippen LogP contribution in [0.3, 0.4) is 0 Å². The molecule has 1 N–H and O–H groups in total. The van der Waals surface area contributed by atoms with Crippen LogP contribution in [0.25, 0.3) is 0 Å². The highest BCUT2D eigenvalue weighted by Gasteiger charge is 2.32. The maximum Gasteiger partial charge on any atom is 0.416 e. The van der Waals surface area contributed by atoms with E-state index in [9.17, 15) is 26.4 Å². The van der Waals surface area contributed by atoms with Gasteiger partial charge in [0.25, 0.3) is 0 Å². The zero-order valence-electron chi connectivity index (χ0n) is 21.6. The minimum absolute atomic E-state index is 0.0593. The minimum atomic E-state index is -4.68. The lowest BCUT2D eigenvalue weighted by Crippen LogP contribution is -2.40. The number of carbonyl (C=O) groups excluding carboxylic acids is 1. The number of alkyl halides is 3. The van der Waals surface area contributed by atoms with Crippen molar-refractivity contribution >= 4 is 21.8 Å². The van der Waals surface area contributed by atoms with E-state index in [0.29, 0.717) is 17.7 Å². The van der Waals surface area contributed by atoms with Crippen LogP contribution >= 0.6 is 0 Å². The van der Waals surface area contributed by atoms with Crippen LogP contribution in [-0.4, -0.2) is 25.4 Å². The minimum Gasteiger partial charge on any atom is -0.379 e. The number of anilines is 1. The van der Waals surface area contributed by atoms with Gasteiger partial charge < -0.3 is 14.4 Å². The third-order valence-electron chi connectivity index (χ3n) is 6.14. The van der Waals surface area contributed by atoms with Gasteiger partial charge in [-0.05, 0) is 72.9 Å². The summed E-state index contributed by atoms with van der Waals surface area (Å²) in [6.07, 6.45) is -3.96.